The number of anilines is 2. The van der Waals surface area contributed by atoms with E-state index in [0.29, 0.717) is 42.7 Å². The van der Waals surface area contributed by atoms with Gasteiger partial charge in [-0.25, -0.2) is 4.39 Å². The number of benzene rings is 1. The van der Waals surface area contributed by atoms with Crippen molar-refractivity contribution < 1.29 is 9.18 Å². The number of carbonyl (C=O) groups is 1. The number of para-hydroxylation sites is 1. The molecule has 0 spiro atoms. The molecule has 1 saturated heterocycles. The van der Waals surface area contributed by atoms with Crippen molar-refractivity contribution in [1.29, 1.82) is 0 Å². The maximum absolute atomic E-state index is 13.9. The van der Waals surface area contributed by atoms with Gasteiger partial charge in [0.2, 0.25) is 11.0 Å². The van der Waals surface area contributed by atoms with Gasteiger partial charge in [-0.15, -0.1) is 10.2 Å². The van der Waals surface area contributed by atoms with Gasteiger partial charge >= 0.3 is 0 Å². The maximum Gasteiger partial charge on any atom is 0.229 e. The van der Waals surface area contributed by atoms with E-state index in [1.807, 2.05) is 11.0 Å². The molecule has 0 bridgehead atoms. The summed E-state index contributed by atoms with van der Waals surface area (Å²) in [5.41, 5.74) is 0.615. The molecule has 2 heterocycles. The summed E-state index contributed by atoms with van der Waals surface area (Å²) in [5, 5.41) is 12.6. The smallest absolute Gasteiger partial charge is 0.229 e. The normalized spacial score (nSPS) is 15.6. The summed E-state index contributed by atoms with van der Waals surface area (Å²) in [7, 11) is 0. The first kappa shape index (κ1) is 17.8. The molecule has 1 aliphatic heterocycles. The first-order chi connectivity index (χ1) is 12.0. The number of hydrogen-bond acceptors (Lipinski definition) is 5. The third-order valence-electron chi connectivity index (χ3n) is 4.34. The molecule has 1 aromatic heterocycles. The Balaban J connectivity index is 1.53. The van der Waals surface area contributed by atoms with Gasteiger partial charge in [0, 0.05) is 25.4 Å². The van der Waals surface area contributed by atoms with Crippen molar-refractivity contribution in [2.75, 3.05) is 23.3 Å². The molecule has 134 valence electrons. The monoisotopic (exact) mass is 362 g/mol. The second-order valence-electron chi connectivity index (χ2n) is 6.80. The first-order valence-corrected chi connectivity index (χ1v) is 9.47. The van der Waals surface area contributed by atoms with Crippen molar-refractivity contribution >= 4 is 28.1 Å². The lowest BCUT2D eigenvalue weighted by molar-refractivity contribution is -0.120. The highest BCUT2D eigenvalue weighted by Gasteiger charge is 2.26. The fourth-order valence-corrected chi connectivity index (χ4v) is 3.99. The van der Waals surface area contributed by atoms with Crippen LogP contribution in [0.1, 0.15) is 31.7 Å². The zero-order valence-electron chi connectivity index (χ0n) is 14.5. The lowest BCUT2D eigenvalue weighted by atomic mass is 9.95. The molecular formula is C18H23FN4OS. The van der Waals surface area contributed by atoms with Crippen LogP contribution in [0.4, 0.5) is 15.2 Å². The molecule has 1 aromatic carbocycles. The summed E-state index contributed by atoms with van der Waals surface area (Å²) in [6, 6.07) is 6.78. The molecule has 0 unspecified atom stereocenters. The van der Waals surface area contributed by atoms with E-state index in [2.05, 4.69) is 29.4 Å². The lowest BCUT2D eigenvalue weighted by Crippen LogP contribution is -2.38. The Hall–Kier alpha value is -2.02. The van der Waals surface area contributed by atoms with E-state index >= 15 is 0 Å². The minimum Gasteiger partial charge on any atom is -0.369 e. The Morgan fingerprint density at radius 2 is 2.04 bits per heavy atom. The number of rotatable bonds is 5. The van der Waals surface area contributed by atoms with Gasteiger partial charge in [0.25, 0.3) is 0 Å². The fraction of sp³-hybridized carbons (Fsp3) is 0.500. The van der Waals surface area contributed by atoms with Crippen LogP contribution in [0.25, 0.3) is 0 Å². The molecule has 0 aliphatic carbocycles. The number of nitrogens with one attached hydrogen (secondary N) is 1. The highest BCUT2D eigenvalue weighted by Crippen LogP contribution is 2.27. The van der Waals surface area contributed by atoms with Gasteiger partial charge in [-0.2, -0.15) is 0 Å². The molecular weight excluding hydrogens is 339 g/mol. The van der Waals surface area contributed by atoms with E-state index in [4.69, 9.17) is 0 Å². The molecule has 0 atom stereocenters. The third kappa shape index (κ3) is 4.54. The number of piperidine rings is 1. The van der Waals surface area contributed by atoms with E-state index in [0.717, 1.165) is 11.4 Å². The topological polar surface area (TPSA) is 58.1 Å². The molecule has 25 heavy (non-hydrogen) atoms. The van der Waals surface area contributed by atoms with Crippen molar-refractivity contribution in [3.63, 3.8) is 0 Å². The van der Waals surface area contributed by atoms with Crippen LogP contribution in [0.2, 0.25) is 0 Å². The van der Waals surface area contributed by atoms with E-state index in [1.165, 1.54) is 17.4 Å². The van der Waals surface area contributed by atoms with Gasteiger partial charge in [-0.05, 0) is 30.9 Å². The number of amides is 1. The molecule has 5 nitrogen and oxygen atoms in total. The standard InChI is InChI=1S/C18H23FN4OS/c1-12(2)11-16-21-22-18(25-16)20-17(24)13-7-9-23(10-8-13)15-6-4-3-5-14(15)19/h3-6,12-13H,7-11H2,1-2H3,(H,20,22,24). The molecule has 1 aliphatic rings. The lowest BCUT2D eigenvalue weighted by Gasteiger charge is -2.33. The largest absolute Gasteiger partial charge is 0.369 e. The fourth-order valence-electron chi connectivity index (χ4n) is 3.03. The predicted octanol–water partition coefficient (Wildman–Crippen LogP) is 3.73. The van der Waals surface area contributed by atoms with E-state index < -0.39 is 0 Å². The molecule has 7 heteroatoms. The quantitative estimate of drug-likeness (QED) is 0.880. The van der Waals surface area contributed by atoms with Crippen LogP contribution in [-0.2, 0) is 11.2 Å². The zero-order chi connectivity index (χ0) is 17.8. The van der Waals surface area contributed by atoms with E-state index in [-0.39, 0.29) is 17.6 Å². The SMILES string of the molecule is CC(C)Cc1nnc(NC(=O)C2CCN(c3ccccc3F)CC2)s1. The molecule has 1 N–H and O–H groups in total. The van der Waals surface area contributed by atoms with Crippen molar-refractivity contribution in [1.82, 2.24) is 10.2 Å². The van der Waals surface area contributed by atoms with E-state index in [1.54, 1.807) is 12.1 Å². The highest BCUT2D eigenvalue weighted by atomic mass is 32.1. The summed E-state index contributed by atoms with van der Waals surface area (Å²) in [6.07, 6.45) is 2.28. The second-order valence-corrected chi connectivity index (χ2v) is 7.86. The highest BCUT2D eigenvalue weighted by molar-refractivity contribution is 7.15. The van der Waals surface area contributed by atoms with Gasteiger partial charge in [0.05, 0.1) is 5.69 Å². The Morgan fingerprint density at radius 1 is 1.32 bits per heavy atom. The van der Waals surface area contributed by atoms with Crippen LogP contribution in [0.15, 0.2) is 24.3 Å². The minimum absolute atomic E-state index is 0.0135. The van der Waals surface area contributed by atoms with E-state index in [9.17, 15) is 9.18 Å². The summed E-state index contributed by atoms with van der Waals surface area (Å²) < 4.78 is 13.9. The molecule has 3 rings (SSSR count). The average Bonchev–Trinajstić information content (AvgIpc) is 3.01. The van der Waals surface area contributed by atoms with Crippen molar-refractivity contribution in [3.8, 4) is 0 Å². The molecule has 1 fully saturated rings. The second kappa shape index (κ2) is 7.91. The number of halogens is 1. The summed E-state index contributed by atoms with van der Waals surface area (Å²) in [5.74, 6) is 0.219. The van der Waals surface area contributed by atoms with Crippen LogP contribution in [0.5, 0.6) is 0 Å². The van der Waals surface area contributed by atoms with Gasteiger partial charge in [0.15, 0.2) is 0 Å². The summed E-state index contributed by atoms with van der Waals surface area (Å²) in [6.45, 7) is 5.60. The van der Waals surface area contributed by atoms with Crippen LogP contribution >= 0.6 is 11.3 Å². The summed E-state index contributed by atoms with van der Waals surface area (Å²) in [4.78, 5) is 14.4. The molecule has 0 saturated carbocycles. The Labute approximate surface area is 151 Å². The van der Waals surface area contributed by atoms with Crippen LogP contribution in [0.3, 0.4) is 0 Å². The van der Waals surface area contributed by atoms with Gasteiger partial charge in [0.1, 0.15) is 10.8 Å². The minimum atomic E-state index is -0.211. The zero-order valence-corrected chi connectivity index (χ0v) is 15.4. The van der Waals surface area contributed by atoms with Crippen molar-refractivity contribution in [2.24, 2.45) is 11.8 Å². The van der Waals surface area contributed by atoms with Crippen LogP contribution < -0.4 is 10.2 Å². The van der Waals surface area contributed by atoms with Crippen LogP contribution in [-0.4, -0.2) is 29.2 Å². The number of aromatic nitrogens is 2. The van der Waals surface area contributed by atoms with Crippen molar-refractivity contribution in [3.05, 3.63) is 35.1 Å². The van der Waals surface area contributed by atoms with Crippen LogP contribution in [0, 0.1) is 17.7 Å². The number of carbonyl (C=O) groups excluding carboxylic acids is 1. The number of hydrogen-bond donors (Lipinski definition) is 1. The molecule has 0 radical (unpaired) electrons. The Morgan fingerprint density at radius 3 is 2.72 bits per heavy atom. The first-order valence-electron chi connectivity index (χ1n) is 8.65. The van der Waals surface area contributed by atoms with Gasteiger partial charge in [-0.1, -0.05) is 37.3 Å². The Bertz CT molecular complexity index is 725. The predicted molar refractivity (Wildman–Crippen MR) is 98.4 cm³/mol. The van der Waals surface area contributed by atoms with Gasteiger partial charge < -0.3 is 10.2 Å². The number of nitrogens with zero attached hydrogens (tertiary/aromatic N) is 3. The maximum atomic E-state index is 13.9. The van der Waals surface area contributed by atoms with Gasteiger partial charge in [-0.3, -0.25) is 4.79 Å². The molecule has 2 aromatic rings. The Kier molecular flexibility index (Phi) is 5.63. The van der Waals surface area contributed by atoms with Crippen molar-refractivity contribution in [2.45, 2.75) is 33.1 Å². The molecule has 1 amide bonds. The summed E-state index contributed by atoms with van der Waals surface area (Å²) >= 11 is 1.44. The average molecular weight is 362 g/mol. The third-order valence-corrected chi connectivity index (χ3v) is 5.20.